The van der Waals surface area contributed by atoms with Crippen molar-refractivity contribution in [1.29, 1.82) is 0 Å². The number of hydrogen-bond donors (Lipinski definition) is 1. The third-order valence-corrected chi connectivity index (χ3v) is 7.50. The van der Waals surface area contributed by atoms with Crippen LogP contribution in [-0.4, -0.2) is 40.4 Å². The lowest BCUT2D eigenvalue weighted by Gasteiger charge is -2.24. The van der Waals surface area contributed by atoms with Crippen LogP contribution in [0, 0.1) is 11.7 Å². The molecule has 0 fully saturated rings. The Hall–Kier alpha value is -2.84. The maximum absolute atomic E-state index is 14.3. The Balaban J connectivity index is 1.98. The molecule has 0 saturated carbocycles. The second-order valence-electron chi connectivity index (χ2n) is 10.7. The van der Waals surface area contributed by atoms with E-state index in [0.717, 1.165) is 16.8 Å². The first kappa shape index (κ1) is 27.2. The lowest BCUT2D eigenvalue weighted by molar-refractivity contribution is -0.123. The maximum atomic E-state index is 14.3. The molecular formula is C28H32ClFN4O2S. The van der Waals surface area contributed by atoms with Gasteiger partial charge in [-0.2, -0.15) is 5.10 Å². The van der Waals surface area contributed by atoms with Gasteiger partial charge in [-0.25, -0.2) is 9.07 Å². The Bertz CT molecular complexity index is 1320. The van der Waals surface area contributed by atoms with Crippen LogP contribution in [0.15, 0.2) is 48.5 Å². The number of halogens is 2. The van der Waals surface area contributed by atoms with Crippen LogP contribution in [0.25, 0.3) is 5.69 Å². The molecule has 4 rings (SSSR count). The minimum Gasteiger partial charge on any atom is -0.354 e. The predicted octanol–water partition coefficient (Wildman–Crippen LogP) is 5.90. The van der Waals surface area contributed by atoms with Crippen molar-refractivity contribution in [3.05, 3.63) is 76.2 Å². The van der Waals surface area contributed by atoms with Crippen molar-refractivity contribution in [2.24, 2.45) is 5.92 Å². The monoisotopic (exact) mass is 542 g/mol. The van der Waals surface area contributed by atoms with Crippen molar-refractivity contribution in [3.8, 4) is 5.69 Å². The van der Waals surface area contributed by atoms with E-state index in [1.54, 1.807) is 22.9 Å². The molecule has 9 heteroatoms. The van der Waals surface area contributed by atoms with Crippen LogP contribution < -0.4 is 10.2 Å². The van der Waals surface area contributed by atoms with Crippen LogP contribution in [0.5, 0.6) is 0 Å². The molecule has 1 atom stereocenters. The molecule has 6 nitrogen and oxygen atoms in total. The van der Waals surface area contributed by atoms with Gasteiger partial charge in [-0.3, -0.25) is 14.5 Å². The third-order valence-electron chi connectivity index (χ3n) is 6.01. The van der Waals surface area contributed by atoms with Crippen LogP contribution >= 0.6 is 23.4 Å². The number of nitrogens with zero attached hydrogens (tertiary/aromatic N) is 3. The van der Waals surface area contributed by atoms with Gasteiger partial charge in [-0.15, -0.1) is 11.8 Å². The molecular weight excluding hydrogens is 511 g/mol. The van der Waals surface area contributed by atoms with E-state index in [4.69, 9.17) is 16.7 Å². The van der Waals surface area contributed by atoms with E-state index >= 15 is 0 Å². The number of benzene rings is 2. The van der Waals surface area contributed by atoms with Crippen molar-refractivity contribution < 1.29 is 14.0 Å². The zero-order chi connectivity index (χ0) is 26.9. The normalized spacial score (nSPS) is 16.1. The molecule has 1 aromatic heterocycles. The maximum Gasteiger partial charge on any atom is 0.240 e. The highest BCUT2D eigenvalue weighted by atomic mass is 35.5. The first-order chi connectivity index (χ1) is 17.5. The van der Waals surface area contributed by atoms with Gasteiger partial charge in [-0.05, 0) is 41.8 Å². The Morgan fingerprint density at radius 1 is 1.22 bits per heavy atom. The fourth-order valence-electron chi connectivity index (χ4n) is 4.31. The summed E-state index contributed by atoms with van der Waals surface area (Å²) in [4.78, 5) is 28.1. The number of rotatable bonds is 6. The molecule has 2 heterocycles. The molecule has 0 radical (unpaired) electrons. The van der Waals surface area contributed by atoms with Crippen molar-refractivity contribution in [2.75, 3.05) is 23.7 Å². The largest absolute Gasteiger partial charge is 0.354 e. The van der Waals surface area contributed by atoms with Crippen LogP contribution in [0.4, 0.5) is 10.2 Å². The molecule has 1 aliphatic rings. The Kier molecular flexibility index (Phi) is 7.99. The highest BCUT2D eigenvalue weighted by Crippen LogP contribution is 2.48. The van der Waals surface area contributed by atoms with Crippen molar-refractivity contribution >= 4 is 41.0 Å². The number of carbonyl (C=O) groups is 2. The molecule has 2 amide bonds. The highest BCUT2D eigenvalue weighted by molar-refractivity contribution is 8.00. The second-order valence-corrected chi connectivity index (χ2v) is 12.2. The zero-order valence-corrected chi connectivity index (χ0v) is 23.3. The summed E-state index contributed by atoms with van der Waals surface area (Å²) in [6.07, 6.45) is 0. The molecule has 0 bridgehead atoms. The lowest BCUT2D eigenvalue weighted by atomic mass is 9.87. The summed E-state index contributed by atoms with van der Waals surface area (Å²) < 4.78 is 16.1. The van der Waals surface area contributed by atoms with Gasteiger partial charge in [0.05, 0.1) is 22.4 Å². The van der Waals surface area contributed by atoms with Gasteiger partial charge >= 0.3 is 0 Å². The van der Waals surface area contributed by atoms with Gasteiger partial charge in [0.1, 0.15) is 18.2 Å². The standard InChI is InChI=1S/C28H32ClFN4O2S/c1-17(2)14-31-22(35)15-33-23(36)16-37-25(18-8-6-10-20(30)12-18)24-26(28(3,4)5)32-34(27(24)33)21-11-7-9-19(29)13-21/h6-13,17,25H,14-16H2,1-5H3,(H,31,35). The molecule has 1 N–H and O–H groups in total. The molecule has 37 heavy (non-hydrogen) atoms. The third kappa shape index (κ3) is 6.02. The number of carbonyl (C=O) groups excluding carboxylic acids is 2. The van der Waals surface area contributed by atoms with E-state index in [-0.39, 0.29) is 41.1 Å². The van der Waals surface area contributed by atoms with E-state index in [0.29, 0.717) is 23.1 Å². The van der Waals surface area contributed by atoms with E-state index in [9.17, 15) is 14.0 Å². The zero-order valence-electron chi connectivity index (χ0n) is 21.7. The Morgan fingerprint density at radius 2 is 1.95 bits per heavy atom. The number of aromatic nitrogens is 2. The summed E-state index contributed by atoms with van der Waals surface area (Å²) in [5.41, 5.74) is 2.57. The Morgan fingerprint density at radius 3 is 2.59 bits per heavy atom. The summed E-state index contributed by atoms with van der Waals surface area (Å²) >= 11 is 7.76. The predicted molar refractivity (Wildman–Crippen MR) is 148 cm³/mol. The molecule has 2 aromatic carbocycles. The van der Waals surface area contributed by atoms with Gasteiger partial charge < -0.3 is 5.32 Å². The first-order valence-electron chi connectivity index (χ1n) is 12.3. The minimum atomic E-state index is -0.404. The van der Waals surface area contributed by atoms with Crippen LogP contribution in [0.2, 0.25) is 5.02 Å². The van der Waals surface area contributed by atoms with Gasteiger partial charge in [0, 0.05) is 22.5 Å². The number of thioether (sulfide) groups is 1. The highest BCUT2D eigenvalue weighted by Gasteiger charge is 2.40. The number of hydrogen-bond acceptors (Lipinski definition) is 4. The molecule has 0 spiro atoms. The lowest BCUT2D eigenvalue weighted by Crippen LogP contribution is -2.43. The first-order valence-corrected chi connectivity index (χ1v) is 13.7. The number of amides is 2. The smallest absolute Gasteiger partial charge is 0.240 e. The molecule has 1 unspecified atom stereocenters. The number of anilines is 1. The van der Waals surface area contributed by atoms with Crippen LogP contribution in [0.3, 0.4) is 0 Å². The summed E-state index contributed by atoms with van der Waals surface area (Å²) in [5, 5.41) is 8.09. The topological polar surface area (TPSA) is 67.2 Å². The van der Waals surface area contributed by atoms with Crippen LogP contribution in [-0.2, 0) is 15.0 Å². The van der Waals surface area contributed by atoms with E-state index in [1.807, 2.05) is 32.0 Å². The van der Waals surface area contributed by atoms with Gasteiger partial charge in [0.2, 0.25) is 11.8 Å². The minimum absolute atomic E-state index is 0.131. The van der Waals surface area contributed by atoms with Crippen LogP contribution in [0.1, 0.15) is 56.7 Å². The van der Waals surface area contributed by atoms with Crippen molar-refractivity contribution in [1.82, 2.24) is 15.1 Å². The molecule has 0 saturated heterocycles. The number of fused-ring (bicyclic) bond motifs is 1. The number of nitrogens with one attached hydrogen (secondary N) is 1. The van der Waals surface area contributed by atoms with Crippen molar-refractivity contribution in [3.63, 3.8) is 0 Å². The quantitative estimate of drug-likeness (QED) is 0.421. The molecule has 1 aliphatic heterocycles. The van der Waals surface area contributed by atoms with E-state index in [2.05, 4.69) is 26.1 Å². The summed E-state index contributed by atoms with van der Waals surface area (Å²) in [7, 11) is 0. The molecule has 196 valence electrons. The molecule has 0 aliphatic carbocycles. The average molecular weight is 543 g/mol. The van der Waals surface area contributed by atoms with Gasteiger partial charge in [-0.1, -0.05) is 64.4 Å². The molecule has 3 aromatic rings. The summed E-state index contributed by atoms with van der Waals surface area (Å²) in [6.45, 7) is 10.5. The Labute approximate surface area is 226 Å². The van der Waals surface area contributed by atoms with Gasteiger partial charge in [0.25, 0.3) is 0 Å². The van der Waals surface area contributed by atoms with E-state index < -0.39 is 5.41 Å². The fourth-order valence-corrected chi connectivity index (χ4v) is 5.68. The van der Waals surface area contributed by atoms with Crippen molar-refractivity contribution in [2.45, 2.75) is 45.3 Å². The van der Waals surface area contributed by atoms with E-state index in [1.165, 1.54) is 28.8 Å². The summed E-state index contributed by atoms with van der Waals surface area (Å²) in [5.74, 6) is 0.103. The summed E-state index contributed by atoms with van der Waals surface area (Å²) in [6, 6.07) is 13.7. The SMILES string of the molecule is CC(C)CNC(=O)CN1C(=O)CSC(c2cccc(F)c2)c2c(C(C)(C)C)nn(-c3cccc(Cl)c3)c21. The fraction of sp³-hybridized carbons (Fsp3) is 0.393. The second kappa shape index (κ2) is 10.9. The van der Waals surface area contributed by atoms with Gasteiger partial charge in [0.15, 0.2) is 0 Å². The average Bonchev–Trinajstić information content (AvgIpc) is 3.16.